The van der Waals surface area contributed by atoms with E-state index in [2.05, 4.69) is 9.71 Å². The Morgan fingerprint density at radius 1 is 1.26 bits per heavy atom. The van der Waals surface area contributed by atoms with Gasteiger partial charge in [-0.25, -0.2) is 18.1 Å². The Labute approximate surface area is 137 Å². The Kier molecular flexibility index (Phi) is 6.76. The zero-order valence-electron chi connectivity index (χ0n) is 13.3. The maximum atomic E-state index is 11.9. The van der Waals surface area contributed by atoms with Crippen molar-refractivity contribution in [3.8, 4) is 0 Å². The predicted octanol–water partition coefficient (Wildman–Crippen LogP) is 1.72. The standard InChI is InChI=1S/C16H23N3O3S/c1-15-17-9-11-19(15)10-5-8-18-23(20,21)13-12-22-14-16-6-3-2-4-7-16/h2-4,6-7,9,11,18H,5,8,10,12-14H2,1H3. The molecule has 1 aromatic heterocycles. The monoisotopic (exact) mass is 337 g/mol. The highest BCUT2D eigenvalue weighted by Crippen LogP contribution is 2.01. The van der Waals surface area contributed by atoms with Crippen molar-refractivity contribution < 1.29 is 13.2 Å². The summed E-state index contributed by atoms with van der Waals surface area (Å²) in [7, 11) is -3.29. The van der Waals surface area contributed by atoms with E-state index in [0.29, 0.717) is 13.2 Å². The van der Waals surface area contributed by atoms with E-state index in [4.69, 9.17) is 4.74 Å². The lowest BCUT2D eigenvalue weighted by molar-refractivity contribution is 0.135. The topological polar surface area (TPSA) is 73.2 Å². The molecule has 1 aromatic carbocycles. The van der Waals surface area contributed by atoms with Gasteiger partial charge in [-0.2, -0.15) is 0 Å². The largest absolute Gasteiger partial charge is 0.376 e. The van der Waals surface area contributed by atoms with Crippen molar-refractivity contribution in [3.63, 3.8) is 0 Å². The number of aromatic nitrogens is 2. The predicted molar refractivity (Wildman–Crippen MR) is 89.5 cm³/mol. The van der Waals surface area contributed by atoms with Gasteiger partial charge in [-0.3, -0.25) is 0 Å². The number of hydrogen-bond donors (Lipinski definition) is 1. The van der Waals surface area contributed by atoms with Crippen molar-refractivity contribution in [1.82, 2.24) is 14.3 Å². The molecule has 2 aromatic rings. The lowest BCUT2D eigenvalue weighted by Crippen LogP contribution is -2.29. The zero-order chi connectivity index (χ0) is 16.5. The second kappa shape index (κ2) is 8.81. The van der Waals surface area contributed by atoms with E-state index in [9.17, 15) is 8.42 Å². The lowest BCUT2D eigenvalue weighted by Gasteiger charge is -2.08. The number of aryl methyl sites for hydroxylation is 2. The van der Waals surface area contributed by atoms with Gasteiger partial charge in [0, 0.05) is 25.5 Å². The van der Waals surface area contributed by atoms with E-state index in [1.54, 1.807) is 6.20 Å². The van der Waals surface area contributed by atoms with Crippen LogP contribution in [0.25, 0.3) is 0 Å². The fraction of sp³-hybridized carbons (Fsp3) is 0.438. The highest BCUT2D eigenvalue weighted by molar-refractivity contribution is 7.89. The fourth-order valence-electron chi connectivity index (χ4n) is 2.12. The number of imidazole rings is 1. The molecule has 2 rings (SSSR count). The van der Waals surface area contributed by atoms with Gasteiger partial charge in [0.15, 0.2) is 0 Å². The van der Waals surface area contributed by atoms with E-state index in [-0.39, 0.29) is 12.4 Å². The summed E-state index contributed by atoms with van der Waals surface area (Å²) in [6, 6.07) is 9.69. The van der Waals surface area contributed by atoms with Crippen LogP contribution in [-0.2, 0) is 27.9 Å². The third-order valence-electron chi connectivity index (χ3n) is 3.43. The molecule has 0 fully saturated rings. The van der Waals surface area contributed by atoms with Crippen LogP contribution in [0.15, 0.2) is 42.7 Å². The van der Waals surface area contributed by atoms with Gasteiger partial charge in [0.25, 0.3) is 0 Å². The Hall–Kier alpha value is -1.70. The van der Waals surface area contributed by atoms with Crippen molar-refractivity contribution in [1.29, 1.82) is 0 Å². The molecule has 1 heterocycles. The highest BCUT2D eigenvalue weighted by atomic mass is 32.2. The SMILES string of the molecule is Cc1nccn1CCCNS(=O)(=O)CCOCc1ccccc1. The number of hydrogen-bond acceptors (Lipinski definition) is 4. The average Bonchev–Trinajstić information content (AvgIpc) is 2.95. The molecule has 0 aliphatic carbocycles. The van der Waals surface area contributed by atoms with Gasteiger partial charge >= 0.3 is 0 Å². The molecule has 1 N–H and O–H groups in total. The maximum absolute atomic E-state index is 11.9. The molecule has 0 atom stereocenters. The van der Waals surface area contributed by atoms with Gasteiger partial charge in [-0.1, -0.05) is 30.3 Å². The van der Waals surface area contributed by atoms with E-state index >= 15 is 0 Å². The second-order valence-corrected chi connectivity index (χ2v) is 7.20. The van der Waals surface area contributed by atoms with Crippen molar-refractivity contribution in [2.24, 2.45) is 0 Å². The molecule has 0 spiro atoms. The van der Waals surface area contributed by atoms with Gasteiger partial charge in [-0.15, -0.1) is 0 Å². The molecular formula is C16H23N3O3S. The first-order valence-electron chi connectivity index (χ1n) is 7.63. The molecule has 0 saturated carbocycles. The summed E-state index contributed by atoms with van der Waals surface area (Å²) in [5, 5.41) is 0. The van der Waals surface area contributed by atoms with Crippen LogP contribution in [0.2, 0.25) is 0 Å². The van der Waals surface area contributed by atoms with Crippen molar-refractivity contribution >= 4 is 10.0 Å². The number of nitrogens with zero attached hydrogens (tertiary/aromatic N) is 2. The minimum Gasteiger partial charge on any atom is -0.376 e. The fourth-order valence-corrected chi connectivity index (χ4v) is 3.06. The quantitative estimate of drug-likeness (QED) is 0.670. The summed E-state index contributed by atoms with van der Waals surface area (Å²) in [6.45, 7) is 3.70. The van der Waals surface area contributed by atoms with Gasteiger partial charge in [0.2, 0.25) is 10.0 Å². The molecule has 0 bridgehead atoms. The third kappa shape index (κ3) is 6.52. The molecule has 126 valence electrons. The van der Waals surface area contributed by atoms with Crippen molar-refractivity contribution in [2.75, 3.05) is 18.9 Å². The molecule has 23 heavy (non-hydrogen) atoms. The van der Waals surface area contributed by atoms with Crippen LogP contribution in [0, 0.1) is 6.92 Å². The van der Waals surface area contributed by atoms with Gasteiger partial charge in [-0.05, 0) is 18.9 Å². The second-order valence-electron chi connectivity index (χ2n) is 5.27. The smallest absolute Gasteiger partial charge is 0.213 e. The van der Waals surface area contributed by atoms with Crippen LogP contribution in [0.5, 0.6) is 0 Å². The van der Waals surface area contributed by atoms with E-state index in [1.165, 1.54) is 0 Å². The van der Waals surface area contributed by atoms with Gasteiger partial charge in [0.1, 0.15) is 5.82 Å². The summed E-state index contributed by atoms with van der Waals surface area (Å²) in [6.07, 6.45) is 4.35. The maximum Gasteiger partial charge on any atom is 0.213 e. The first-order chi connectivity index (χ1) is 11.1. The lowest BCUT2D eigenvalue weighted by atomic mass is 10.2. The minimum absolute atomic E-state index is 0.0239. The molecule has 0 amide bonds. The molecule has 0 saturated heterocycles. The summed E-state index contributed by atoms with van der Waals surface area (Å²) < 4.78 is 33.7. The first kappa shape index (κ1) is 17.7. The molecule has 7 heteroatoms. The zero-order valence-corrected chi connectivity index (χ0v) is 14.1. The van der Waals surface area contributed by atoms with Crippen molar-refractivity contribution in [2.45, 2.75) is 26.5 Å². The van der Waals surface area contributed by atoms with E-state index in [0.717, 1.165) is 24.4 Å². The van der Waals surface area contributed by atoms with Crippen LogP contribution in [0.4, 0.5) is 0 Å². The number of benzene rings is 1. The van der Waals surface area contributed by atoms with E-state index in [1.807, 2.05) is 48.0 Å². The Morgan fingerprint density at radius 3 is 2.74 bits per heavy atom. The third-order valence-corrected chi connectivity index (χ3v) is 4.78. The number of ether oxygens (including phenoxy) is 1. The molecule has 0 aliphatic heterocycles. The minimum atomic E-state index is -3.29. The van der Waals surface area contributed by atoms with Crippen LogP contribution in [0.1, 0.15) is 17.8 Å². The van der Waals surface area contributed by atoms with Crippen LogP contribution < -0.4 is 4.72 Å². The summed E-state index contributed by atoms with van der Waals surface area (Å²) >= 11 is 0. The number of nitrogens with one attached hydrogen (secondary N) is 1. The van der Waals surface area contributed by atoms with Crippen molar-refractivity contribution in [3.05, 3.63) is 54.1 Å². The van der Waals surface area contributed by atoms with E-state index < -0.39 is 10.0 Å². The van der Waals surface area contributed by atoms with Gasteiger partial charge in [0.05, 0.1) is 19.0 Å². The average molecular weight is 337 g/mol. The summed E-state index contributed by atoms with van der Waals surface area (Å²) in [5.41, 5.74) is 1.04. The number of sulfonamides is 1. The first-order valence-corrected chi connectivity index (χ1v) is 9.29. The number of rotatable bonds is 10. The van der Waals surface area contributed by atoms with Crippen LogP contribution >= 0.6 is 0 Å². The Morgan fingerprint density at radius 2 is 2.04 bits per heavy atom. The van der Waals surface area contributed by atoms with Crippen LogP contribution in [-0.4, -0.2) is 36.9 Å². The molecule has 0 unspecified atom stereocenters. The Balaban J connectivity index is 1.60. The summed E-state index contributed by atoms with van der Waals surface area (Å²) in [5.74, 6) is 0.909. The van der Waals surface area contributed by atoms with Gasteiger partial charge < -0.3 is 9.30 Å². The molecule has 0 radical (unpaired) electrons. The van der Waals surface area contributed by atoms with Crippen LogP contribution in [0.3, 0.4) is 0 Å². The summed E-state index contributed by atoms with van der Waals surface area (Å²) in [4.78, 5) is 4.13. The Bertz CT molecular complexity index is 684. The highest BCUT2D eigenvalue weighted by Gasteiger charge is 2.09. The molecular weight excluding hydrogens is 314 g/mol. The molecule has 6 nitrogen and oxygen atoms in total. The molecule has 0 aliphatic rings. The normalized spacial score (nSPS) is 11.7.